The average molecular weight is 300 g/mol. The van der Waals surface area contributed by atoms with Gasteiger partial charge >= 0.3 is 0 Å². The van der Waals surface area contributed by atoms with Gasteiger partial charge in [0.1, 0.15) is 10.7 Å². The largest absolute Gasteiger partial charge is 0.398 e. The second-order valence-electron chi connectivity index (χ2n) is 3.94. The number of nitrogens with one attached hydrogen (secondary N) is 1. The molecule has 0 aliphatic rings. The van der Waals surface area contributed by atoms with Crippen LogP contribution in [0.3, 0.4) is 0 Å². The molecular formula is C12H13FN2O2S2. The lowest BCUT2D eigenvalue weighted by atomic mass is 10.2. The molecule has 0 unspecified atom stereocenters. The van der Waals surface area contributed by atoms with E-state index in [1.165, 1.54) is 12.1 Å². The van der Waals surface area contributed by atoms with E-state index in [0.717, 1.165) is 11.6 Å². The van der Waals surface area contributed by atoms with Crippen LogP contribution in [0.2, 0.25) is 0 Å². The molecule has 0 fully saturated rings. The molecule has 3 N–H and O–H groups in total. The van der Waals surface area contributed by atoms with E-state index in [1.807, 2.05) is 16.8 Å². The summed E-state index contributed by atoms with van der Waals surface area (Å²) in [6, 6.07) is 5.71. The second-order valence-corrected chi connectivity index (χ2v) is 6.42. The lowest BCUT2D eigenvalue weighted by molar-refractivity contribution is 0.558. The van der Waals surface area contributed by atoms with Crippen molar-refractivity contribution in [1.29, 1.82) is 0 Å². The third-order valence-electron chi connectivity index (χ3n) is 2.55. The molecule has 1 heterocycles. The van der Waals surface area contributed by atoms with E-state index >= 15 is 0 Å². The molecule has 0 radical (unpaired) electrons. The average Bonchev–Trinajstić information content (AvgIpc) is 2.81. The van der Waals surface area contributed by atoms with Crippen LogP contribution in [0.15, 0.2) is 39.9 Å². The van der Waals surface area contributed by atoms with E-state index in [4.69, 9.17) is 5.73 Å². The first-order valence-electron chi connectivity index (χ1n) is 5.55. The molecule has 2 aromatic rings. The van der Waals surface area contributed by atoms with Gasteiger partial charge in [-0.1, -0.05) is 6.07 Å². The van der Waals surface area contributed by atoms with E-state index in [2.05, 4.69) is 4.72 Å². The van der Waals surface area contributed by atoms with E-state index in [1.54, 1.807) is 11.3 Å². The first-order valence-corrected chi connectivity index (χ1v) is 7.98. The number of nitrogen functional groups attached to an aromatic ring is 1. The molecule has 1 aromatic heterocycles. The van der Waals surface area contributed by atoms with Crippen LogP contribution in [-0.2, 0) is 16.4 Å². The highest BCUT2D eigenvalue weighted by molar-refractivity contribution is 7.89. The molecule has 0 bridgehead atoms. The van der Waals surface area contributed by atoms with Gasteiger partial charge in [0.25, 0.3) is 0 Å². The third-order valence-corrected chi connectivity index (χ3v) is 4.84. The summed E-state index contributed by atoms with van der Waals surface area (Å²) in [4.78, 5) is -0.486. The molecule has 0 aliphatic carbocycles. The van der Waals surface area contributed by atoms with Crippen LogP contribution in [0.1, 0.15) is 5.56 Å². The highest BCUT2D eigenvalue weighted by Crippen LogP contribution is 2.21. The van der Waals surface area contributed by atoms with Gasteiger partial charge in [-0.15, -0.1) is 0 Å². The van der Waals surface area contributed by atoms with E-state index < -0.39 is 20.7 Å². The first kappa shape index (κ1) is 14.0. The minimum Gasteiger partial charge on any atom is -0.398 e. The lowest BCUT2D eigenvalue weighted by Crippen LogP contribution is -2.27. The van der Waals surface area contributed by atoms with Crippen LogP contribution in [0, 0.1) is 5.82 Å². The van der Waals surface area contributed by atoms with Crippen molar-refractivity contribution < 1.29 is 12.8 Å². The maximum Gasteiger partial charge on any atom is 0.245 e. The van der Waals surface area contributed by atoms with Crippen LogP contribution in [-0.4, -0.2) is 15.0 Å². The van der Waals surface area contributed by atoms with E-state index in [9.17, 15) is 12.8 Å². The van der Waals surface area contributed by atoms with Crippen molar-refractivity contribution in [2.24, 2.45) is 0 Å². The van der Waals surface area contributed by atoms with Gasteiger partial charge in [0, 0.05) is 6.54 Å². The minimum atomic E-state index is -3.92. The Kier molecular flexibility index (Phi) is 4.18. The summed E-state index contributed by atoms with van der Waals surface area (Å²) in [7, 11) is -3.92. The second kappa shape index (κ2) is 5.68. The van der Waals surface area contributed by atoms with Gasteiger partial charge in [-0.25, -0.2) is 17.5 Å². The van der Waals surface area contributed by atoms with Crippen molar-refractivity contribution in [2.45, 2.75) is 11.3 Å². The molecule has 0 saturated carbocycles. The number of sulfonamides is 1. The van der Waals surface area contributed by atoms with Crippen LogP contribution in [0.25, 0.3) is 0 Å². The Labute approximate surface area is 115 Å². The molecule has 0 amide bonds. The summed E-state index contributed by atoms with van der Waals surface area (Å²) in [6.45, 7) is 0.201. The molecule has 0 saturated heterocycles. The van der Waals surface area contributed by atoms with E-state index in [-0.39, 0.29) is 12.2 Å². The predicted octanol–water partition coefficient (Wildman–Crippen LogP) is 1.99. The highest BCUT2D eigenvalue weighted by atomic mass is 32.2. The predicted molar refractivity (Wildman–Crippen MR) is 74.0 cm³/mol. The zero-order chi connectivity index (χ0) is 13.9. The minimum absolute atomic E-state index is 0.0944. The molecule has 7 heteroatoms. The normalized spacial score (nSPS) is 11.6. The summed E-state index contributed by atoms with van der Waals surface area (Å²) in [5, 5.41) is 3.85. The number of halogens is 1. The number of thiophene rings is 1. The molecule has 4 nitrogen and oxygen atoms in total. The molecule has 0 spiro atoms. The van der Waals surface area contributed by atoms with Crippen molar-refractivity contribution in [2.75, 3.05) is 12.3 Å². The molecule has 1 aromatic carbocycles. The number of benzene rings is 1. The summed E-state index contributed by atoms with van der Waals surface area (Å²) < 4.78 is 39.8. The molecule has 102 valence electrons. The maximum absolute atomic E-state index is 13.5. The van der Waals surface area contributed by atoms with Crippen LogP contribution in [0.5, 0.6) is 0 Å². The first-order chi connectivity index (χ1) is 9.00. The van der Waals surface area contributed by atoms with Crippen molar-refractivity contribution >= 4 is 27.0 Å². The van der Waals surface area contributed by atoms with Gasteiger partial charge in [0.15, 0.2) is 0 Å². The highest BCUT2D eigenvalue weighted by Gasteiger charge is 2.21. The van der Waals surface area contributed by atoms with Gasteiger partial charge < -0.3 is 5.73 Å². The third kappa shape index (κ3) is 3.31. The van der Waals surface area contributed by atoms with Crippen LogP contribution < -0.4 is 10.5 Å². The standard InChI is InChI=1S/C12H13FN2O2S2/c13-10-2-1-3-11(14)12(10)19(16,17)15-6-4-9-5-7-18-8-9/h1-3,5,7-8,15H,4,6,14H2. The molecule has 0 aliphatic heterocycles. The van der Waals surface area contributed by atoms with Gasteiger partial charge in [0.05, 0.1) is 5.69 Å². The smallest absolute Gasteiger partial charge is 0.245 e. The molecular weight excluding hydrogens is 287 g/mol. The van der Waals surface area contributed by atoms with Gasteiger partial charge in [-0.05, 0) is 40.9 Å². The molecule has 0 atom stereocenters. The molecule has 19 heavy (non-hydrogen) atoms. The Morgan fingerprint density at radius 3 is 2.74 bits per heavy atom. The van der Waals surface area contributed by atoms with E-state index in [0.29, 0.717) is 6.42 Å². The van der Waals surface area contributed by atoms with Gasteiger partial charge in [-0.3, -0.25) is 0 Å². The van der Waals surface area contributed by atoms with Crippen molar-refractivity contribution in [1.82, 2.24) is 4.72 Å². The number of anilines is 1. The van der Waals surface area contributed by atoms with Crippen molar-refractivity contribution in [3.8, 4) is 0 Å². The number of nitrogens with two attached hydrogens (primary N) is 1. The number of hydrogen-bond acceptors (Lipinski definition) is 4. The lowest BCUT2D eigenvalue weighted by Gasteiger charge is -2.09. The summed E-state index contributed by atoms with van der Waals surface area (Å²) in [5.41, 5.74) is 6.46. The SMILES string of the molecule is Nc1cccc(F)c1S(=O)(=O)NCCc1ccsc1. The quantitative estimate of drug-likeness (QED) is 0.830. The Balaban J connectivity index is 2.10. The van der Waals surface area contributed by atoms with Crippen molar-refractivity contribution in [3.05, 3.63) is 46.4 Å². The fourth-order valence-corrected chi connectivity index (χ4v) is 3.57. The summed E-state index contributed by atoms with van der Waals surface area (Å²) >= 11 is 1.54. The van der Waals surface area contributed by atoms with Crippen molar-refractivity contribution in [3.63, 3.8) is 0 Å². The summed E-state index contributed by atoms with van der Waals surface area (Å²) in [6.07, 6.45) is 0.553. The van der Waals surface area contributed by atoms with Gasteiger partial charge in [0.2, 0.25) is 10.0 Å². The Morgan fingerprint density at radius 2 is 2.11 bits per heavy atom. The number of rotatable bonds is 5. The Morgan fingerprint density at radius 1 is 1.32 bits per heavy atom. The van der Waals surface area contributed by atoms with Crippen LogP contribution >= 0.6 is 11.3 Å². The fourth-order valence-electron chi connectivity index (χ4n) is 1.65. The van der Waals surface area contributed by atoms with Gasteiger partial charge in [-0.2, -0.15) is 11.3 Å². The zero-order valence-corrected chi connectivity index (χ0v) is 11.6. The Hall–Kier alpha value is -1.44. The zero-order valence-electron chi connectivity index (χ0n) is 9.97. The fraction of sp³-hybridized carbons (Fsp3) is 0.167. The monoisotopic (exact) mass is 300 g/mol. The molecule has 2 rings (SSSR count). The Bertz CT molecular complexity index is 634. The van der Waals surface area contributed by atoms with Crippen LogP contribution in [0.4, 0.5) is 10.1 Å². The summed E-state index contributed by atoms with van der Waals surface area (Å²) in [5.74, 6) is -0.844. The number of hydrogen-bond donors (Lipinski definition) is 2. The maximum atomic E-state index is 13.5. The topological polar surface area (TPSA) is 72.2 Å².